The molecule has 0 bridgehead atoms. The predicted octanol–water partition coefficient (Wildman–Crippen LogP) is 4.49. The van der Waals surface area contributed by atoms with E-state index in [1.54, 1.807) is 25.1 Å². The fourth-order valence-electron chi connectivity index (χ4n) is 3.15. The summed E-state index contributed by atoms with van der Waals surface area (Å²) < 4.78 is 10.9. The van der Waals surface area contributed by atoms with Gasteiger partial charge in [-0.15, -0.1) is 0 Å². The van der Waals surface area contributed by atoms with Crippen molar-refractivity contribution in [2.45, 2.75) is 19.3 Å². The molecule has 0 aromatic heterocycles. The van der Waals surface area contributed by atoms with Gasteiger partial charge in [-0.05, 0) is 36.8 Å². The molecule has 0 radical (unpaired) electrons. The lowest BCUT2D eigenvalue weighted by Gasteiger charge is -2.27. The van der Waals surface area contributed by atoms with E-state index in [1.165, 1.54) is 0 Å². The molecule has 5 nitrogen and oxygen atoms in total. The molecule has 2 aromatic rings. The summed E-state index contributed by atoms with van der Waals surface area (Å²) in [6.07, 6.45) is 0.0613. The number of benzene rings is 2. The molecule has 1 amide bonds. The number of hydrogen-bond acceptors (Lipinski definition) is 4. The molecule has 1 aliphatic rings. The van der Waals surface area contributed by atoms with Gasteiger partial charge in [-0.3, -0.25) is 4.79 Å². The zero-order chi connectivity index (χ0) is 20.1. The van der Waals surface area contributed by atoms with E-state index in [2.05, 4.69) is 5.32 Å². The fraction of sp³-hybridized carbons (Fsp3) is 0.238. The lowest BCUT2D eigenvalue weighted by atomic mass is 9.84. The largest absolute Gasteiger partial charge is 0.490 e. The number of ether oxygens (including phenoxy) is 2. The van der Waals surface area contributed by atoms with E-state index in [0.29, 0.717) is 32.6 Å². The Bertz CT molecular complexity index is 892. The van der Waals surface area contributed by atoms with Crippen LogP contribution in [0.25, 0.3) is 0 Å². The second-order valence-corrected chi connectivity index (χ2v) is 7.09. The van der Waals surface area contributed by atoms with Crippen molar-refractivity contribution in [1.82, 2.24) is 5.32 Å². The first-order valence-electron chi connectivity index (χ1n) is 8.77. The maximum absolute atomic E-state index is 12.8. The van der Waals surface area contributed by atoms with Gasteiger partial charge in [0, 0.05) is 28.1 Å². The van der Waals surface area contributed by atoms with Gasteiger partial charge in [-0.25, -0.2) is 4.79 Å². The van der Waals surface area contributed by atoms with Crippen LogP contribution < -0.4 is 10.1 Å². The third kappa shape index (κ3) is 4.66. The van der Waals surface area contributed by atoms with Gasteiger partial charge in [0.25, 0.3) is 0 Å². The van der Waals surface area contributed by atoms with Gasteiger partial charge in [0.2, 0.25) is 5.91 Å². The quantitative estimate of drug-likeness (QED) is 0.553. The topological polar surface area (TPSA) is 64.6 Å². The van der Waals surface area contributed by atoms with Crippen LogP contribution in [-0.2, 0) is 14.3 Å². The van der Waals surface area contributed by atoms with E-state index in [0.717, 1.165) is 0 Å². The number of rotatable bonds is 6. The molecule has 0 saturated carbocycles. The molecule has 2 aromatic carbocycles. The van der Waals surface area contributed by atoms with Crippen LogP contribution in [0, 0.1) is 0 Å². The second-order valence-electron chi connectivity index (χ2n) is 6.28. The average Bonchev–Trinajstić information content (AvgIpc) is 2.65. The monoisotopic (exact) mass is 419 g/mol. The lowest BCUT2D eigenvalue weighted by Crippen LogP contribution is -2.34. The third-order valence-corrected chi connectivity index (χ3v) is 5.02. The van der Waals surface area contributed by atoms with Crippen LogP contribution in [0.1, 0.15) is 24.8 Å². The number of amides is 1. The molecule has 1 atom stereocenters. The molecule has 0 aliphatic carbocycles. The SMILES string of the molecule is CC1=C(C(=O)OCCOc2ccccc2)C(c2c(Cl)cccc2Cl)CC(=O)N1. The van der Waals surface area contributed by atoms with Crippen LogP contribution >= 0.6 is 23.2 Å². The van der Waals surface area contributed by atoms with Crippen LogP contribution in [0.5, 0.6) is 5.75 Å². The highest BCUT2D eigenvalue weighted by atomic mass is 35.5. The summed E-state index contributed by atoms with van der Waals surface area (Å²) in [6, 6.07) is 14.3. The number of carbonyl (C=O) groups is 2. The van der Waals surface area contributed by atoms with Crippen molar-refractivity contribution < 1.29 is 19.1 Å². The number of para-hydroxylation sites is 1. The number of allylic oxidation sites excluding steroid dienone is 1. The molecule has 1 N–H and O–H groups in total. The van der Waals surface area contributed by atoms with Crippen LogP contribution in [-0.4, -0.2) is 25.1 Å². The molecule has 28 heavy (non-hydrogen) atoms. The number of hydrogen-bond donors (Lipinski definition) is 1. The molecule has 1 heterocycles. The molecule has 146 valence electrons. The second kappa shape index (κ2) is 9.13. The lowest BCUT2D eigenvalue weighted by molar-refractivity contribution is -0.140. The van der Waals surface area contributed by atoms with Crippen molar-refractivity contribution in [3.05, 3.63) is 75.4 Å². The van der Waals surface area contributed by atoms with E-state index in [1.807, 2.05) is 30.3 Å². The smallest absolute Gasteiger partial charge is 0.336 e. The molecule has 0 spiro atoms. The first kappa shape index (κ1) is 20.2. The van der Waals surface area contributed by atoms with Crippen molar-refractivity contribution >= 4 is 35.1 Å². The number of carbonyl (C=O) groups excluding carboxylic acids is 2. The van der Waals surface area contributed by atoms with Crippen molar-refractivity contribution in [3.8, 4) is 5.75 Å². The summed E-state index contributed by atoms with van der Waals surface area (Å²) >= 11 is 12.6. The Kier molecular flexibility index (Phi) is 6.60. The Balaban J connectivity index is 1.74. The number of nitrogens with one attached hydrogen (secondary N) is 1. The zero-order valence-electron chi connectivity index (χ0n) is 15.2. The predicted molar refractivity (Wildman–Crippen MR) is 108 cm³/mol. The molecule has 0 fully saturated rings. The van der Waals surface area contributed by atoms with E-state index < -0.39 is 11.9 Å². The number of esters is 1. The van der Waals surface area contributed by atoms with E-state index >= 15 is 0 Å². The summed E-state index contributed by atoms with van der Waals surface area (Å²) in [5, 5.41) is 3.49. The number of halogens is 2. The third-order valence-electron chi connectivity index (χ3n) is 4.37. The van der Waals surface area contributed by atoms with Crippen molar-refractivity contribution in [2.75, 3.05) is 13.2 Å². The Morgan fingerprint density at radius 3 is 2.43 bits per heavy atom. The van der Waals surface area contributed by atoms with Crippen molar-refractivity contribution in [3.63, 3.8) is 0 Å². The summed E-state index contributed by atoms with van der Waals surface area (Å²) in [7, 11) is 0. The van der Waals surface area contributed by atoms with Gasteiger partial charge in [0.1, 0.15) is 19.0 Å². The maximum Gasteiger partial charge on any atom is 0.336 e. The Hall–Kier alpha value is -2.50. The molecule has 0 saturated heterocycles. The normalized spacial score (nSPS) is 16.5. The Morgan fingerprint density at radius 1 is 1.07 bits per heavy atom. The van der Waals surface area contributed by atoms with Gasteiger partial charge < -0.3 is 14.8 Å². The van der Waals surface area contributed by atoms with Gasteiger partial charge in [0.05, 0.1) is 5.57 Å². The maximum atomic E-state index is 12.8. The van der Waals surface area contributed by atoms with Crippen LogP contribution in [0.2, 0.25) is 10.0 Å². The molecule has 1 aliphatic heterocycles. The van der Waals surface area contributed by atoms with Crippen LogP contribution in [0.15, 0.2) is 59.8 Å². The zero-order valence-corrected chi connectivity index (χ0v) is 16.7. The molecule has 1 unspecified atom stereocenters. The highest BCUT2D eigenvalue weighted by Gasteiger charge is 2.35. The highest BCUT2D eigenvalue weighted by molar-refractivity contribution is 6.36. The van der Waals surface area contributed by atoms with Crippen molar-refractivity contribution in [1.29, 1.82) is 0 Å². The highest BCUT2D eigenvalue weighted by Crippen LogP contribution is 2.40. The van der Waals surface area contributed by atoms with Crippen molar-refractivity contribution in [2.24, 2.45) is 0 Å². The summed E-state index contributed by atoms with van der Waals surface area (Å²) in [5.74, 6) is -0.616. The standard InChI is InChI=1S/C21H19Cl2NO4/c1-13-19(21(26)28-11-10-27-14-6-3-2-4-7-14)15(12-18(25)24-13)20-16(22)8-5-9-17(20)23/h2-9,15H,10-12H2,1H3,(H,24,25). The first-order chi connectivity index (χ1) is 13.5. The van der Waals surface area contributed by atoms with E-state index in [9.17, 15) is 9.59 Å². The van der Waals surface area contributed by atoms with Crippen LogP contribution in [0.3, 0.4) is 0 Å². The average molecular weight is 420 g/mol. The molecule has 7 heteroatoms. The summed E-state index contributed by atoms with van der Waals surface area (Å²) in [5.41, 5.74) is 1.33. The van der Waals surface area contributed by atoms with E-state index in [-0.39, 0.29) is 25.5 Å². The molecular formula is C21H19Cl2NO4. The van der Waals surface area contributed by atoms with Gasteiger partial charge >= 0.3 is 5.97 Å². The molecular weight excluding hydrogens is 401 g/mol. The minimum Gasteiger partial charge on any atom is -0.490 e. The fourth-order valence-corrected chi connectivity index (χ4v) is 3.81. The van der Waals surface area contributed by atoms with E-state index in [4.69, 9.17) is 32.7 Å². The summed E-state index contributed by atoms with van der Waals surface area (Å²) in [4.78, 5) is 24.8. The van der Waals surface area contributed by atoms with Crippen LogP contribution in [0.4, 0.5) is 0 Å². The van der Waals surface area contributed by atoms with Gasteiger partial charge in [-0.1, -0.05) is 47.5 Å². The molecule has 3 rings (SSSR count). The first-order valence-corrected chi connectivity index (χ1v) is 9.52. The Morgan fingerprint density at radius 2 is 1.75 bits per heavy atom. The minimum absolute atomic E-state index is 0.0613. The minimum atomic E-state index is -0.572. The van der Waals surface area contributed by atoms with Gasteiger partial charge in [-0.2, -0.15) is 0 Å². The Labute approximate surface area is 173 Å². The van der Waals surface area contributed by atoms with Gasteiger partial charge in [0.15, 0.2) is 0 Å². The summed E-state index contributed by atoms with van der Waals surface area (Å²) in [6.45, 7) is 1.94.